The van der Waals surface area contributed by atoms with E-state index in [4.69, 9.17) is 5.73 Å². The number of benzene rings is 1. The lowest BCUT2D eigenvalue weighted by molar-refractivity contribution is 0.624. The van der Waals surface area contributed by atoms with Gasteiger partial charge in [0.1, 0.15) is 5.82 Å². The summed E-state index contributed by atoms with van der Waals surface area (Å²) in [6.07, 6.45) is 2.05. The van der Waals surface area contributed by atoms with Crippen LogP contribution in [0.4, 0.5) is 4.39 Å². The average molecular weight is 151 g/mol. The molecule has 2 rings (SSSR count). The smallest absolute Gasteiger partial charge is 0.123 e. The highest BCUT2D eigenvalue weighted by atomic mass is 19.1. The van der Waals surface area contributed by atoms with Gasteiger partial charge in [0.2, 0.25) is 0 Å². The summed E-state index contributed by atoms with van der Waals surface area (Å²) in [6.45, 7) is 0. The topological polar surface area (TPSA) is 26.0 Å². The lowest BCUT2D eigenvalue weighted by Crippen LogP contribution is -2.18. The maximum Gasteiger partial charge on any atom is 0.123 e. The van der Waals surface area contributed by atoms with Crippen LogP contribution < -0.4 is 5.73 Å². The molecule has 11 heavy (non-hydrogen) atoms. The summed E-state index contributed by atoms with van der Waals surface area (Å²) in [5.74, 6) is -0.196. The van der Waals surface area contributed by atoms with Crippen LogP contribution in [0, 0.1) is 5.82 Å². The molecule has 1 fully saturated rings. The Bertz CT molecular complexity index is 261. The predicted octanol–water partition coefficient (Wildman–Crippen LogP) is 1.77. The van der Waals surface area contributed by atoms with Gasteiger partial charge in [-0.15, -0.1) is 0 Å². The molecule has 0 heterocycles. The number of hydrogen-bond acceptors (Lipinski definition) is 1. The van der Waals surface area contributed by atoms with Crippen LogP contribution >= 0.6 is 0 Å². The second-order valence-corrected chi connectivity index (χ2v) is 3.16. The molecule has 1 nitrogen and oxygen atoms in total. The van der Waals surface area contributed by atoms with Gasteiger partial charge < -0.3 is 5.73 Å². The fourth-order valence-electron chi connectivity index (χ4n) is 1.21. The molecule has 0 bridgehead atoms. The molecule has 1 aromatic rings. The highest BCUT2D eigenvalue weighted by Crippen LogP contribution is 2.42. The first-order chi connectivity index (χ1) is 5.21. The number of halogens is 1. The standard InChI is InChI=1S/C9H10FN/c10-8-3-1-7(2-4-8)9(11)5-6-9/h1-4H,5-6,11H2. The molecule has 0 spiro atoms. The normalized spacial score (nSPS) is 19.8. The molecule has 1 aromatic carbocycles. The molecule has 0 atom stereocenters. The van der Waals surface area contributed by atoms with Crippen molar-refractivity contribution in [3.63, 3.8) is 0 Å². The van der Waals surface area contributed by atoms with Crippen LogP contribution in [0.1, 0.15) is 18.4 Å². The second kappa shape index (κ2) is 2.05. The summed E-state index contributed by atoms with van der Waals surface area (Å²) in [4.78, 5) is 0. The van der Waals surface area contributed by atoms with Gasteiger partial charge in [-0.2, -0.15) is 0 Å². The van der Waals surface area contributed by atoms with Crippen LogP contribution in [0.2, 0.25) is 0 Å². The van der Waals surface area contributed by atoms with Crippen molar-refractivity contribution in [3.05, 3.63) is 35.6 Å². The van der Waals surface area contributed by atoms with Crippen LogP contribution in [-0.4, -0.2) is 0 Å². The summed E-state index contributed by atoms with van der Waals surface area (Å²) < 4.78 is 12.5. The van der Waals surface area contributed by atoms with Crippen LogP contribution in [-0.2, 0) is 5.54 Å². The molecule has 0 aromatic heterocycles. The van der Waals surface area contributed by atoms with Gasteiger partial charge in [0.15, 0.2) is 0 Å². The van der Waals surface area contributed by atoms with Gasteiger partial charge >= 0.3 is 0 Å². The van der Waals surface area contributed by atoms with Crippen molar-refractivity contribution in [1.29, 1.82) is 0 Å². The predicted molar refractivity (Wildman–Crippen MR) is 41.5 cm³/mol. The molecule has 1 aliphatic rings. The van der Waals surface area contributed by atoms with Gasteiger partial charge in [0, 0.05) is 5.54 Å². The van der Waals surface area contributed by atoms with E-state index in [2.05, 4.69) is 0 Å². The quantitative estimate of drug-likeness (QED) is 0.650. The van der Waals surface area contributed by atoms with Crippen LogP contribution in [0.15, 0.2) is 24.3 Å². The Kier molecular flexibility index (Phi) is 1.26. The number of rotatable bonds is 1. The maximum atomic E-state index is 12.5. The largest absolute Gasteiger partial charge is 0.321 e. The van der Waals surface area contributed by atoms with Crippen molar-refractivity contribution >= 4 is 0 Å². The van der Waals surface area contributed by atoms with Gasteiger partial charge in [-0.1, -0.05) is 12.1 Å². The maximum absolute atomic E-state index is 12.5. The van der Waals surface area contributed by atoms with Gasteiger partial charge in [0.25, 0.3) is 0 Å². The van der Waals surface area contributed by atoms with E-state index in [1.807, 2.05) is 0 Å². The van der Waals surface area contributed by atoms with Gasteiger partial charge in [-0.05, 0) is 30.5 Å². The molecule has 2 heteroatoms. The minimum Gasteiger partial charge on any atom is -0.321 e. The first-order valence-corrected chi connectivity index (χ1v) is 3.76. The Hall–Kier alpha value is -0.890. The van der Waals surface area contributed by atoms with Crippen LogP contribution in [0.25, 0.3) is 0 Å². The molecule has 0 saturated heterocycles. The van der Waals surface area contributed by atoms with Crippen LogP contribution in [0.3, 0.4) is 0 Å². The molecular weight excluding hydrogens is 141 g/mol. The zero-order valence-corrected chi connectivity index (χ0v) is 6.18. The lowest BCUT2D eigenvalue weighted by atomic mass is 10.1. The van der Waals surface area contributed by atoms with Crippen molar-refractivity contribution in [2.75, 3.05) is 0 Å². The Morgan fingerprint density at radius 3 is 2.18 bits per heavy atom. The zero-order valence-electron chi connectivity index (χ0n) is 6.18. The number of nitrogens with two attached hydrogens (primary N) is 1. The summed E-state index contributed by atoms with van der Waals surface area (Å²) in [5.41, 5.74) is 6.82. The summed E-state index contributed by atoms with van der Waals surface area (Å²) >= 11 is 0. The molecule has 2 N–H and O–H groups in total. The van der Waals surface area contributed by atoms with E-state index < -0.39 is 0 Å². The van der Waals surface area contributed by atoms with Crippen molar-refractivity contribution in [2.45, 2.75) is 18.4 Å². The Balaban J connectivity index is 2.33. The third-order valence-electron chi connectivity index (χ3n) is 2.21. The van der Waals surface area contributed by atoms with Crippen molar-refractivity contribution in [1.82, 2.24) is 0 Å². The first-order valence-electron chi connectivity index (χ1n) is 3.76. The van der Waals surface area contributed by atoms with Gasteiger partial charge in [-0.3, -0.25) is 0 Å². The monoisotopic (exact) mass is 151 g/mol. The van der Waals surface area contributed by atoms with Crippen molar-refractivity contribution in [3.8, 4) is 0 Å². The van der Waals surface area contributed by atoms with E-state index in [0.717, 1.165) is 18.4 Å². The highest BCUT2D eigenvalue weighted by Gasteiger charge is 2.39. The highest BCUT2D eigenvalue weighted by molar-refractivity contribution is 5.29. The molecule has 1 aliphatic carbocycles. The Morgan fingerprint density at radius 1 is 1.18 bits per heavy atom. The van der Waals surface area contributed by atoms with E-state index in [1.165, 1.54) is 12.1 Å². The summed E-state index contributed by atoms with van der Waals surface area (Å²) in [6, 6.07) is 6.45. The van der Waals surface area contributed by atoms with E-state index in [1.54, 1.807) is 12.1 Å². The van der Waals surface area contributed by atoms with Crippen molar-refractivity contribution < 1.29 is 4.39 Å². The fraction of sp³-hybridized carbons (Fsp3) is 0.333. The second-order valence-electron chi connectivity index (χ2n) is 3.16. The van der Waals surface area contributed by atoms with E-state index in [-0.39, 0.29) is 11.4 Å². The van der Waals surface area contributed by atoms with Gasteiger partial charge in [0.05, 0.1) is 0 Å². The fourth-order valence-corrected chi connectivity index (χ4v) is 1.21. The molecule has 0 radical (unpaired) electrons. The SMILES string of the molecule is NC1(c2ccc(F)cc2)CC1. The molecule has 0 aliphatic heterocycles. The van der Waals surface area contributed by atoms with E-state index in [0.29, 0.717) is 0 Å². The van der Waals surface area contributed by atoms with Crippen LogP contribution in [0.5, 0.6) is 0 Å². The average Bonchev–Trinajstić information content (AvgIpc) is 2.70. The lowest BCUT2D eigenvalue weighted by Gasteiger charge is -2.07. The third kappa shape index (κ3) is 1.14. The number of hydrogen-bond donors (Lipinski definition) is 1. The van der Waals surface area contributed by atoms with E-state index >= 15 is 0 Å². The summed E-state index contributed by atoms with van der Waals surface area (Å²) in [7, 11) is 0. The molecule has 0 unspecified atom stereocenters. The minimum atomic E-state index is -0.196. The third-order valence-corrected chi connectivity index (χ3v) is 2.21. The molecule has 0 amide bonds. The van der Waals surface area contributed by atoms with Crippen molar-refractivity contribution in [2.24, 2.45) is 5.73 Å². The Labute approximate surface area is 65.0 Å². The molecule has 1 saturated carbocycles. The molecular formula is C9H10FN. The minimum absolute atomic E-state index is 0.131. The van der Waals surface area contributed by atoms with E-state index in [9.17, 15) is 4.39 Å². The molecule has 58 valence electrons. The first kappa shape index (κ1) is 6.80. The summed E-state index contributed by atoms with van der Waals surface area (Å²) in [5, 5.41) is 0. The zero-order chi connectivity index (χ0) is 7.90. The Morgan fingerprint density at radius 2 is 1.73 bits per heavy atom. The van der Waals surface area contributed by atoms with Gasteiger partial charge in [-0.25, -0.2) is 4.39 Å².